The van der Waals surface area contributed by atoms with Gasteiger partial charge in [-0.1, -0.05) is 29.8 Å². The number of hydrogen-bond acceptors (Lipinski definition) is 5. The number of aromatic nitrogens is 4. The van der Waals surface area contributed by atoms with Gasteiger partial charge >= 0.3 is 0 Å². The molecule has 1 N–H and O–H groups in total. The maximum Gasteiger partial charge on any atom is 0.255 e. The highest BCUT2D eigenvalue weighted by atomic mass is 16.2. The minimum absolute atomic E-state index is 0.0383. The van der Waals surface area contributed by atoms with Gasteiger partial charge in [-0.05, 0) is 26.8 Å². The van der Waals surface area contributed by atoms with Crippen LogP contribution in [-0.4, -0.2) is 31.3 Å². The highest BCUT2D eigenvalue weighted by molar-refractivity contribution is 5.97. The van der Waals surface area contributed by atoms with Crippen molar-refractivity contribution < 1.29 is 9.59 Å². The molecular formula is C19H21N5O2. The summed E-state index contributed by atoms with van der Waals surface area (Å²) in [5, 5.41) is 10.9. The third kappa shape index (κ3) is 3.93. The van der Waals surface area contributed by atoms with Gasteiger partial charge in [-0.2, -0.15) is 0 Å². The number of nitrogens with zero attached hydrogens (tertiary/aromatic N) is 4. The molecule has 0 fully saturated rings. The Labute approximate surface area is 151 Å². The predicted octanol–water partition coefficient (Wildman–Crippen LogP) is 2.33. The second kappa shape index (κ2) is 7.43. The van der Waals surface area contributed by atoms with Crippen molar-refractivity contribution in [2.24, 2.45) is 0 Å². The number of fused-ring (bicyclic) bond motifs is 1. The standard InChI is InChI=1S/C19H21N5O2/c1-12-4-6-15(7-5-12)16(25)8-9-18(26)20-11-17-22-23-19-21-13(2)10-14(3)24(17)19/h4-7,10H,8-9,11H2,1-3H3,(H,20,26). The largest absolute Gasteiger partial charge is 0.349 e. The zero-order chi connectivity index (χ0) is 18.7. The number of Topliss-reactive ketones (excluding diaryl/α,β-unsaturated/α-hetero) is 1. The zero-order valence-corrected chi connectivity index (χ0v) is 15.1. The molecule has 0 aliphatic heterocycles. The van der Waals surface area contributed by atoms with Crippen LogP contribution in [0.4, 0.5) is 0 Å². The van der Waals surface area contributed by atoms with Crippen molar-refractivity contribution in [3.63, 3.8) is 0 Å². The van der Waals surface area contributed by atoms with Crippen LogP contribution >= 0.6 is 0 Å². The van der Waals surface area contributed by atoms with Gasteiger partial charge in [0.05, 0.1) is 6.54 Å². The van der Waals surface area contributed by atoms with E-state index in [4.69, 9.17) is 0 Å². The van der Waals surface area contributed by atoms with E-state index in [1.807, 2.05) is 43.4 Å². The van der Waals surface area contributed by atoms with Crippen LogP contribution in [0.3, 0.4) is 0 Å². The summed E-state index contributed by atoms with van der Waals surface area (Å²) < 4.78 is 1.81. The van der Waals surface area contributed by atoms with E-state index < -0.39 is 0 Å². The zero-order valence-electron chi connectivity index (χ0n) is 15.1. The molecule has 3 rings (SSSR count). The van der Waals surface area contributed by atoms with Gasteiger partial charge in [-0.15, -0.1) is 10.2 Å². The molecule has 1 aromatic carbocycles. The molecule has 0 saturated heterocycles. The molecule has 0 aliphatic carbocycles. The van der Waals surface area contributed by atoms with Crippen molar-refractivity contribution >= 4 is 17.5 Å². The van der Waals surface area contributed by atoms with Gasteiger partial charge < -0.3 is 5.32 Å². The van der Waals surface area contributed by atoms with Crippen molar-refractivity contribution in [1.82, 2.24) is 24.9 Å². The van der Waals surface area contributed by atoms with Gasteiger partial charge in [-0.25, -0.2) is 4.98 Å². The van der Waals surface area contributed by atoms with E-state index in [2.05, 4.69) is 20.5 Å². The quantitative estimate of drug-likeness (QED) is 0.689. The first-order valence-electron chi connectivity index (χ1n) is 8.49. The molecule has 0 bridgehead atoms. The van der Waals surface area contributed by atoms with Crippen LogP contribution in [0, 0.1) is 20.8 Å². The Balaban J connectivity index is 1.56. The second-order valence-corrected chi connectivity index (χ2v) is 6.36. The van der Waals surface area contributed by atoms with Crippen LogP contribution in [0.15, 0.2) is 30.3 Å². The van der Waals surface area contributed by atoms with Gasteiger partial charge in [0.2, 0.25) is 5.91 Å². The van der Waals surface area contributed by atoms with E-state index in [0.29, 0.717) is 17.2 Å². The number of rotatable bonds is 6. The van der Waals surface area contributed by atoms with Gasteiger partial charge in [0.15, 0.2) is 11.6 Å². The molecule has 7 heteroatoms. The molecule has 26 heavy (non-hydrogen) atoms. The Morgan fingerprint density at radius 3 is 2.50 bits per heavy atom. The summed E-state index contributed by atoms with van der Waals surface area (Å²) in [6, 6.07) is 9.29. The van der Waals surface area contributed by atoms with Crippen LogP contribution in [0.2, 0.25) is 0 Å². The summed E-state index contributed by atoms with van der Waals surface area (Å²) in [5.74, 6) is 0.896. The smallest absolute Gasteiger partial charge is 0.255 e. The first-order valence-corrected chi connectivity index (χ1v) is 8.49. The minimum atomic E-state index is -0.195. The topological polar surface area (TPSA) is 89.2 Å². The van der Waals surface area contributed by atoms with Crippen LogP contribution in [0.5, 0.6) is 0 Å². The Morgan fingerprint density at radius 1 is 1.04 bits per heavy atom. The molecule has 2 aromatic heterocycles. The molecule has 0 aliphatic rings. The van der Waals surface area contributed by atoms with Crippen LogP contribution < -0.4 is 5.32 Å². The highest BCUT2D eigenvalue weighted by Gasteiger charge is 2.12. The van der Waals surface area contributed by atoms with E-state index in [1.165, 1.54) is 0 Å². The van der Waals surface area contributed by atoms with E-state index in [1.54, 1.807) is 12.1 Å². The fourth-order valence-corrected chi connectivity index (χ4v) is 2.79. The van der Waals surface area contributed by atoms with E-state index >= 15 is 0 Å². The van der Waals surface area contributed by atoms with Gasteiger partial charge in [-0.3, -0.25) is 14.0 Å². The number of amides is 1. The monoisotopic (exact) mass is 351 g/mol. The normalized spacial score (nSPS) is 10.9. The third-order valence-electron chi connectivity index (χ3n) is 4.16. The molecule has 7 nitrogen and oxygen atoms in total. The molecular weight excluding hydrogens is 330 g/mol. The minimum Gasteiger partial charge on any atom is -0.349 e. The average Bonchev–Trinajstić information content (AvgIpc) is 3.01. The maximum absolute atomic E-state index is 12.1. The number of benzene rings is 1. The molecule has 0 radical (unpaired) electrons. The lowest BCUT2D eigenvalue weighted by Gasteiger charge is -2.06. The molecule has 134 valence electrons. The second-order valence-electron chi connectivity index (χ2n) is 6.36. The number of carbonyl (C=O) groups excluding carboxylic acids is 2. The molecule has 0 saturated carbocycles. The lowest BCUT2D eigenvalue weighted by atomic mass is 10.1. The lowest BCUT2D eigenvalue weighted by molar-refractivity contribution is -0.121. The molecule has 0 spiro atoms. The van der Waals surface area contributed by atoms with Crippen molar-refractivity contribution in [2.45, 2.75) is 40.2 Å². The molecule has 1 amide bonds. The summed E-state index contributed by atoms with van der Waals surface area (Å²) in [7, 11) is 0. The lowest BCUT2D eigenvalue weighted by Crippen LogP contribution is -2.24. The van der Waals surface area contributed by atoms with E-state index in [0.717, 1.165) is 17.0 Å². The summed E-state index contributed by atoms with van der Waals surface area (Å²) in [6.07, 6.45) is 0.315. The maximum atomic E-state index is 12.1. The first kappa shape index (κ1) is 17.7. The molecule has 3 aromatic rings. The molecule has 0 unspecified atom stereocenters. The van der Waals surface area contributed by atoms with Crippen LogP contribution in [0.1, 0.15) is 46.0 Å². The molecule has 2 heterocycles. The first-order chi connectivity index (χ1) is 12.4. The number of ketones is 1. The number of hydrogen-bond donors (Lipinski definition) is 1. The SMILES string of the molecule is Cc1ccc(C(=O)CCC(=O)NCc2nnc3nc(C)cc(C)n23)cc1. The number of aryl methyl sites for hydroxylation is 3. The van der Waals surface area contributed by atoms with Gasteiger partial charge in [0.1, 0.15) is 0 Å². The van der Waals surface area contributed by atoms with Crippen LogP contribution in [0.25, 0.3) is 5.78 Å². The summed E-state index contributed by atoms with van der Waals surface area (Å²) in [4.78, 5) is 28.5. The van der Waals surface area contributed by atoms with Crippen LogP contribution in [-0.2, 0) is 11.3 Å². The Hall–Kier alpha value is -3.09. The highest BCUT2D eigenvalue weighted by Crippen LogP contribution is 2.09. The van der Waals surface area contributed by atoms with Crippen molar-refractivity contribution in [1.29, 1.82) is 0 Å². The summed E-state index contributed by atoms with van der Waals surface area (Å²) in [5.41, 5.74) is 3.55. The van der Waals surface area contributed by atoms with Gasteiger partial charge in [0, 0.05) is 29.8 Å². The Morgan fingerprint density at radius 2 is 1.77 bits per heavy atom. The Kier molecular flexibility index (Phi) is 5.06. The summed E-state index contributed by atoms with van der Waals surface area (Å²) >= 11 is 0. The fourth-order valence-electron chi connectivity index (χ4n) is 2.79. The van der Waals surface area contributed by atoms with E-state index in [-0.39, 0.29) is 31.1 Å². The van der Waals surface area contributed by atoms with E-state index in [9.17, 15) is 9.59 Å². The van der Waals surface area contributed by atoms with Gasteiger partial charge in [0.25, 0.3) is 5.78 Å². The average molecular weight is 351 g/mol. The summed E-state index contributed by atoms with van der Waals surface area (Å²) in [6.45, 7) is 6.05. The van der Waals surface area contributed by atoms with Crippen molar-refractivity contribution in [3.05, 3.63) is 58.7 Å². The number of carbonyl (C=O) groups is 2. The van der Waals surface area contributed by atoms with Crippen molar-refractivity contribution in [3.8, 4) is 0 Å². The number of nitrogens with one attached hydrogen (secondary N) is 1. The third-order valence-corrected chi connectivity index (χ3v) is 4.16. The fraction of sp³-hybridized carbons (Fsp3) is 0.316. The predicted molar refractivity (Wildman–Crippen MR) is 96.8 cm³/mol. The Bertz CT molecular complexity index is 960. The molecule has 0 atom stereocenters. The van der Waals surface area contributed by atoms with Crippen molar-refractivity contribution in [2.75, 3.05) is 0 Å².